The van der Waals surface area contributed by atoms with E-state index in [2.05, 4.69) is 45.9 Å². The lowest BCUT2D eigenvalue weighted by molar-refractivity contribution is 0.142. The molecule has 0 unspecified atom stereocenters. The van der Waals surface area contributed by atoms with Gasteiger partial charge in [0.2, 0.25) is 0 Å². The van der Waals surface area contributed by atoms with Gasteiger partial charge in [-0.05, 0) is 70.3 Å². The summed E-state index contributed by atoms with van der Waals surface area (Å²) in [6.45, 7) is 8.98. The van der Waals surface area contributed by atoms with E-state index in [0.717, 1.165) is 37.7 Å². The molecule has 3 atom stereocenters. The molecule has 0 aromatic rings. The Balaban J connectivity index is 2.89. The Bertz CT molecular complexity index is 413. The molecule has 0 spiro atoms. The highest BCUT2D eigenvalue weighted by Gasteiger charge is 2.28. The molecule has 0 saturated carbocycles. The van der Waals surface area contributed by atoms with Gasteiger partial charge < -0.3 is 10.2 Å². The summed E-state index contributed by atoms with van der Waals surface area (Å²) in [5, 5.41) is 19.6. The highest BCUT2D eigenvalue weighted by molar-refractivity contribution is 5.15. The minimum atomic E-state index is 0.0648. The third kappa shape index (κ3) is 6.10. The van der Waals surface area contributed by atoms with Crippen LogP contribution in [0.1, 0.15) is 59.8 Å². The van der Waals surface area contributed by atoms with E-state index in [1.54, 1.807) is 0 Å². The average Bonchev–Trinajstić information content (AvgIpc) is 2.55. The van der Waals surface area contributed by atoms with Crippen LogP contribution in [0, 0.1) is 17.8 Å². The maximum Gasteiger partial charge on any atom is 0.0645 e. The lowest BCUT2D eigenvalue weighted by Crippen LogP contribution is -2.28. The molecule has 1 aliphatic carbocycles. The second kappa shape index (κ2) is 10.0. The van der Waals surface area contributed by atoms with Crippen LogP contribution in [0.15, 0.2) is 34.9 Å². The number of hydrogen-bond donors (Lipinski definition) is 2. The maximum atomic E-state index is 9.92. The van der Waals surface area contributed by atoms with Gasteiger partial charge >= 0.3 is 0 Å². The Kier molecular flexibility index (Phi) is 8.74. The summed E-state index contributed by atoms with van der Waals surface area (Å²) in [4.78, 5) is 0. The number of aliphatic hydroxyl groups excluding tert-OH is 2. The molecule has 0 bridgehead atoms. The van der Waals surface area contributed by atoms with Crippen molar-refractivity contribution in [1.82, 2.24) is 0 Å². The van der Waals surface area contributed by atoms with Gasteiger partial charge in [0.1, 0.15) is 0 Å². The van der Waals surface area contributed by atoms with Crippen molar-refractivity contribution in [2.24, 2.45) is 17.8 Å². The first-order valence-electron chi connectivity index (χ1n) is 8.69. The second-order valence-corrected chi connectivity index (χ2v) is 7.05. The van der Waals surface area contributed by atoms with Crippen LogP contribution in [-0.2, 0) is 0 Å². The summed E-state index contributed by atoms with van der Waals surface area (Å²) in [5.41, 5.74) is 3.82. The second-order valence-electron chi connectivity index (χ2n) is 7.05. The molecule has 0 radical (unpaired) electrons. The van der Waals surface area contributed by atoms with Crippen molar-refractivity contribution >= 4 is 0 Å². The molecule has 0 saturated heterocycles. The smallest absolute Gasteiger partial charge is 0.0645 e. The topological polar surface area (TPSA) is 40.5 Å². The Morgan fingerprint density at radius 2 is 2.05 bits per heavy atom. The Morgan fingerprint density at radius 1 is 1.32 bits per heavy atom. The molecule has 1 rings (SSSR count). The van der Waals surface area contributed by atoms with E-state index in [1.165, 1.54) is 11.1 Å². The third-order valence-corrected chi connectivity index (χ3v) is 5.00. The van der Waals surface area contributed by atoms with Crippen LogP contribution in [0.3, 0.4) is 0 Å². The van der Waals surface area contributed by atoms with Gasteiger partial charge in [0.05, 0.1) is 6.61 Å². The van der Waals surface area contributed by atoms with Crippen molar-refractivity contribution in [3.8, 4) is 0 Å². The zero-order chi connectivity index (χ0) is 16.5. The van der Waals surface area contributed by atoms with Crippen LogP contribution >= 0.6 is 0 Å². The molecule has 126 valence electrons. The van der Waals surface area contributed by atoms with Crippen LogP contribution in [0.4, 0.5) is 0 Å². The van der Waals surface area contributed by atoms with Gasteiger partial charge in [-0.25, -0.2) is 0 Å². The summed E-state index contributed by atoms with van der Waals surface area (Å²) < 4.78 is 0. The quantitative estimate of drug-likeness (QED) is 0.702. The Morgan fingerprint density at radius 3 is 2.64 bits per heavy atom. The molecule has 0 aromatic heterocycles. The van der Waals surface area contributed by atoms with Crippen molar-refractivity contribution < 1.29 is 10.2 Å². The van der Waals surface area contributed by atoms with Crippen LogP contribution in [0.2, 0.25) is 0 Å². The van der Waals surface area contributed by atoms with E-state index in [4.69, 9.17) is 0 Å². The predicted octanol–water partition coefficient (Wildman–Crippen LogP) is 4.64. The van der Waals surface area contributed by atoms with Crippen molar-refractivity contribution in [3.63, 3.8) is 0 Å². The number of aliphatic hydroxyl groups is 2. The minimum Gasteiger partial charge on any atom is -0.396 e. The van der Waals surface area contributed by atoms with E-state index >= 15 is 0 Å². The average molecular weight is 306 g/mol. The molecular weight excluding hydrogens is 272 g/mol. The zero-order valence-electron chi connectivity index (χ0n) is 14.8. The molecule has 2 nitrogen and oxygen atoms in total. The number of allylic oxidation sites excluding steroid dienone is 5. The van der Waals surface area contributed by atoms with Crippen LogP contribution < -0.4 is 0 Å². The first-order valence-corrected chi connectivity index (χ1v) is 8.69. The SMILES string of the molecule is CC(C)=CCC[C@H](C)[C@H]1CC/C(C)=C/C/C=C(/CO)[C@@H]1CO. The summed E-state index contributed by atoms with van der Waals surface area (Å²) in [7, 11) is 0. The van der Waals surface area contributed by atoms with Crippen molar-refractivity contribution in [2.45, 2.75) is 59.8 Å². The molecule has 0 heterocycles. The molecular formula is C20H34O2. The highest BCUT2D eigenvalue weighted by atomic mass is 16.3. The summed E-state index contributed by atoms with van der Waals surface area (Å²) >= 11 is 0. The largest absolute Gasteiger partial charge is 0.396 e. The fourth-order valence-corrected chi connectivity index (χ4v) is 3.50. The fraction of sp³-hybridized carbons (Fsp3) is 0.700. The van der Waals surface area contributed by atoms with Crippen LogP contribution in [0.5, 0.6) is 0 Å². The van der Waals surface area contributed by atoms with Gasteiger partial charge in [-0.1, -0.05) is 36.3 Å². The van der Waals surface area contributed by atoms with Gasteiger partial charge in [-0.2, -0.15) is 0 Å². The Hall–Kier alpha value is -0.860. The normalized spacial score (nSPS) is 29.2. The molecule has 2 heteroatoms. The van der Waals surface area contributed by atoms with E-state index in [1.807, 2.05) is 0 Å². The van der Waals surface area contributed by atoms with E-state index in [0.29, 0.717) is 11.8 Å². The number of rotatable bonds is 6. The van der Waals surface area contributed by atoms with Crippen molar-refractivity contribution in [1.29, 1.82) is 0 Å². The highest BCUT2D eigenvalue weighted by Crippen LogP contribution is 2.35. The van der Waals surface area contributed by atoms with E-state index in [9.17, 15) is 10.2 Å². The monoisotopic (exact) mass is 306 g/mol. The predicted molar refractivity (Wildman–Crippen MR) is 94.7 cm³/mol. The van der Waals surface area contributed by atoms with E-state index < -0.39 is 0 Å². The Labute approximate surface area is 136 Å². The molecule has 1 aliphatic rings. The van der Waals surface area contributed by atoms with Gasteiger partial charge in [0.15, 0.2) is 0 Å². The third-order valence-electron chi connectivity index (χ3n) is 5.00. The molecule has 0 aromatic carbocycles. The molecule has 0 amide bonds. The van der Waals surface area contributed by atoms with Gasteiger partial charge in [-0.15, -0.1) is 0 Å². The summed E-state index contributed by atoms with van der Waals surface area (Å²) in [6.07, 6.45) is 12.0. The molecule has 0 fully saturated rings. The fourth-order valence-electron chi connectivity index (χ4n) is 3.50. The van der Waals surface area contributed by atoms with Crippen LogP contribution in [-0.4, -0.2) is 23.4 Å². The summed E-state index contributed by atoms with van der Waals surface area (Å²) in [6, 6.07) is 0. The lowest BCUT2D eigenvalue weighted by Gasteiger charge is -2.32. The van der Waals surface area contributed by atoms with Gasteiger partial charge in [0.25, 0.3) is 0 Å². The van der Waals surface area contributed by atoms with Crippen molar-refractivity contribution in [3.05, 3.63) is 34.9 Å². The first kappa shape index (κ1) is 19.2. The minimum absolute atomic E-state index is 0.0648. The lowest BCUT2D eigenvalue weighted by atomic mass is 9.74. The maximum absolute atomic E-state index is 9.92. The molecule has 2 N–H and O–H groups in total. The first-order chi connectivity index (χ1) is 10.5. The molecule has 0 aliphatic heterocycles. The van der Waals surface area contributed by atoms with Crippen LogP contribution in [0.25, 0.3) is 0 Å². The van der Waals surface area contributed by atoms with Gasteiger partial charge in [-0.3, -0.25) is 0 Å². The zero-order valence-corrected chi connectivity index (χ0v) is 14.8. The standard InChI is InChI=1S/C20H34O2/c1-15(2)7-5-9-17(4)19-12-11-16(3)8-6-10-18(13-21)20(19)14-22/h7-8,10,17,19-22H,5-6,9,11-14H2,1-4H3/b16-8+,18-10-/t17-,19+,20-/m0/s1. The van der Waals surface area contributed by atoms with Crippen molar-refractivity contribution in [2.75, 3.05) is 13.2 Å². The van der Waals surface area contributed by atoms with E-state index in [-0.39, 0.29) is 19.1 Å². The summed E-state index contributed by atoms with van der Waals surface area (Å²) in [5.74, 6) is 1.09. The van der Waals surface area contributed by atoms with Gasteiger partial charge in [0, 0.05) is 12.5 Å². The number of hydrogen-bond acceptors (Lipinski definition) is 2. The molecule has 22 heavy (non-hydrogen) atoms.